The average Bonchev–Trinajstić information content (AvgIpc) is 2.92. The quantitative estimate of drug-likeness (QED) is 0.720. The van der Waals surface area contributed by atoms with Gasteiger partial charge in [0.05, 0.1) is 0 Å². The maximum absolute atomic E-state index is 13.2. The van der Waals surface area contributed by atoms with Crippen molar-refractivity contribution in [2.24, 2.45) is 0 Å². The number of nitrogens with one attached hydrogen (secondary N) is 2. The molecule has 1 aliphatic carbocycles. The Labute approximate surface area is 174 Å². The molecule has 4 amide bonds. The van der Waals surface area contributed by atoms with E-state index in [1.54, 1.807) is 6.92 Å². The van der Waals surface area contributed by atoms with E-state index in [-0.39, 0.29) is 17.9 Å². The number of rotatable bonds is 6. The van der Waals surface area contributed by atoms with Crippen LogP contribution in [0.5, 0.6) is 0 Å². The molecule has 2 fully saturated rings. The summed E-state index contributed by atoms with van der Waals surface area (Å²) in [5.74, 6) is -1.35. The lowest BCUT2D eigenvalue weighted by Gasteiger charge is -2.42. The van der Waals surface area contributed by atoms with Gasteiger partial charge in [-0.1, -0.05) is 48.9 Å². The van der Waals surface area contributed by atoms with Crippen LogP contribution in [0.3, 0.4) is 0 Å². The molecular weight excluding hydrogens is 385 g/mol. The Morgan fingerprint density at radius 3 is 2.33 bits per heavy atom. The number of urea groups is 1. The van der Waals surface area contributed by atoms with Gasteiger partial charge in [0.1, 0.15) is 17.9 Å². The minimum absolute atomic E-state index is 0.0865. The summed E-state index contributed by atoms with van der Waals surface area (Å²) < 4.78 is 13.2. The van der Waals surface area contributed by atoms with Crippen LogP contribution < -0.4 is 10.6 Å². The molecule has 0 bridgehead atoms. The number of benzene rings is 2. The third-order valence-electron chi connectivity index (χ3n) is 6.32. The zero-order chi connectivity index (χ0) is 21.4. The molecule has 1 unspecified atom stereocenters. The van der Waals surface area contributed by atoms with Gasteiger partial charge in [-0.3, -0.25) is 14.5 Å². The van der Waals surface area contributed by atoms with Crippen molar-refractivity contribution in [3.8, 4) is 0 Å². The van der Waals surface area contributed by atoms with Crippen LogP contribution in [0.15, 0.2) is 54.6 Å². The van der Waals surface area contributed by atoms with E-state index in [0.29, 0.717) is 12.1 Å². The number of nitrogens with zero attached hydrogens (tertiary/aromatic N) is 1. The summed E-state index contributed by atoms with van der Waals surface area (Å²) in [6, 6.07) is 14.8. The Bertz CT molecular complexity index is 973. The number of carbonyl (C=O) groups excluding carboxylic acids is 3. The summed E-state index contributed by atoms with van der Waals surface area (Å²) in [6.07, 6.45) is 3.08. The normalized spacial score (nSPS) is 22.4. The van der Waals surface area contributed by atoms with E-state index in [9.17, 15) is 18.8 Å². The molecule has 2 N–H and O–H groups in total. The van der Waals surface area contributed by atoms with Gasteiger partial charge >= 0.3 is 6.03 Å². The lowest BCUT2D eigenvalue weighted by atomic mass is 9.64. The molecule has 0 spiro atoms. The Morgan fingerprint density at radius 1 is 1.07 bits per heavy atom. The smallest absolute Gasteiger partial charge is 0.325 e. The highest BCUT2D eigenvalue weighted by Crippen LogP contribution is 2.43. The van der Waals surface area contributed by atoms with Gasteiger partial charge in [-0.15, -0.1) is 0 Å². The average molecular weight is 409 g/mol. The van der Waals surface area contributed by atoms with Gasteiger partial charge in [0.15, 0.2) is 0 Å². The number of halogens is 1. The lowest BCUT2D eigenvalue weighted by Crippen LogP contribution is -2.49. The van der Waals surface area contributed by atoms with Crippen molar-refractivity contribution >= 4 is 17.8 Å². The lowest BCUT2D eigenvalue weighted by molar-refractivity contribution is -0.134. The highest BCUT2D eigenvalue weighted by molar-refractivity contribution is 6.09. The van der Waals surface area contributed by atoms with Gasteiger partial charge in [0, 0.05) is 12.0 Å². The highest BCUT2D eigenvalue weighted by Gasteiger charge is 2.49. The molecule has 4 rings (SSSR count). The summed E-state index contributed by atoms with van der Waals surface area (Å²) in [4.78, 5) is 38.8. The Balaban J connectivity index is 1.41. The molecule has 7 heteroatoms. The van der Waals surface area contributed by atoms with Crippen LogP contribution in [0.1, 0.15) is 37.3 Å². The Kier molecular flexibility index (Phi) is 5.05. The van der Waals surface area contributed by atoms with Crippen LogP contribution in [0.25, 0.3) is 0 Å². The molecule has 1 saturated heterocycles. The zero-order valence-corrected chi connectivity index (χ0v) is 16.8. The first-order chi connectivity index (χ1) is 14.3. The van der Waals surface area contributed by atoms with Gasteiger partial charge in [-0.2, -0.15) is 0 Å². The van der Waals surface area contributed by atoms with Crippen molar-refractivity contribution in [2.45, 2.75) is 37.1 Å². The van der Waals surface area contributed by atoms with E-state index in [1.165, 1.54) is 29.8 Å². The summed E-state index contributed by atoms with van der Waals surface area (Å²) in [5, 5.41) is 5.53. The van der Waals surface area contributed by atoms with Crippen LogP contribution >= 0.6 is 0 Å². The minimum atomic E-state index is -1.33. The van der Waals surface area contributed by atoms with Crippen LogP contribution in [-0.2, 0) is 20.5 Å². The summed E-state index contributed by atoms with van der Waals surface area (Å²) in [7, 11) is 0. The first-order valence-electron chi connectivity index (χ1n) is 10.1. The Morgan fingerprint density at radius 2 is 1.73 bits per heavy atom. The van der Waals surface area contributed by atoms with Crippen LogP contribution in [0.2, 0.25) is 0 Å². The fourth-order valence-electron chi connectivity index (χ4n) is 4.25. The molecule has 30 heavy (non-hydrogen) atoms. The third kappa shape index (κ3) is 3.44. The van der Waals surface area contributed by atoms with E-state index >= 15 is 0 Å². The molecule has 1 saturated carbocycles. The van der Waals surface area contributed by atoms with Crippen molar-refractivity contribution in [3.63, 3.8) is 0 Å². The monoisotopic (exact) mass is 409 g/mol. The van der Waals surface area contributed by atoms with Crippen LogP contribution in [0.4, 0.5) is 9.18 Å². The topological polar surface area (TPSA) is 78.5 Å². The van der Waals surface area contributed by atoms with Crippen molar-refractivity contribution in [3.05, 3.63) is 71.5 Å². The maximum atomic E-state index is 13.2. The van der Waals surface area contributed by atoms with Crippen LogP contribution in [-0.4, -0.2) is 35.8 Å². The Hall–Kier alpha value is -3.22. The van der Waals surface area contributed by atoms with Crippen molar-refractivity contribution in [2.75, 3.05) is 13.1 Å². The number of hydrogen-bond acceptors (Lipinski definition) is 3. The largest absolute Gasteiger partial charge is 0.354 e. The van der Waals surface area contributed by atoms with Gasteiger partial charge in [0.25, 0.3) is 5.91 Å². The third-order valence-corrected chi connectivity index (χ3v) is 6.32. The second-order valence-electron chi connectivity index (χ2n) is 8.23. The zero-order valence-electron chi connectivity index (χ0n) is 16.8. The standard InChI is InChI=1S/C23H24FN3O3/c1-22(16-8-10-18(24)11-9-16)20(29)27(21(30)26-22)14-19(28)25-15-23(12-5-13-23)17-6-3-2-4-7-17/h2-4,6-11H,5,12-15H2,1H3,(H,25,28)(H,26,30). The summed E-state index contributed by atoms with van der Waals surface area (Å²) in [5.41, 5.74) is 0.235. The predicted octanol–water partition coefficient (Wildman–Crippen LogP) is 2.83. The molecule has 2 aromatic rings. The second kappa shape index (κ2) is 7.55. The molecule has 1 aliphatic heterocycles. The van der Waals surface area contributed by atoms with E-state index in [2.05, 4.69) is 22.8 Å². The molecule has 1 heterocycles. The fraction of sp³-hybridized carbons (Fsp3) is 0.348. The van der Waals surface area contributed by atoms with Crippen molar-refractivity contribution in [1.82, 2.24) is 15.5 Å². The molecule has 0 aromatic heterocycles. The van der Waals surface area contributed by atoms with Gasteiger partial charge < -0.3 is 10.6 Å². The number of carbonyl (C=O) groups is 3. The van der Waals surface area contributed by atoms with Gasteiger partial charge in [-0.25, -0.2) is 9.18 Å². The summed E-state index contributed by atoms with van der Waals surface area (Å²) >= 11 is 0. The summed E-state index contributed by atoms with van der Waals surface area (Å²) in [6.45, 7) is 1.66. The molecule has 1 atom stereocenters. The molecule has 6 nitrogen and oxygen atoms in total. The predicted molar refractivity (Wildman–Crippen MR) is 109 cm³/mol. The first-order valence-corrected chi connectivity index (χ1v) is 10.1. The van der Waals surface area contributed by atoms with E-state index < -0.39 is 23.3 Å². The fourth-order valence-corrected chi connectivity index (χ4v) is 4.25. The van der Waals surface area contributed by atoms with Gasteiger partial charge in [0.2, 0.25) is 5.91 Å². The first kappa shape index (κ1) is 20.1. The minimum Gasteiger partial charge on any atom is -0.354 e. The van der Waals surface area contributed by atoms with Crippen molar-refractivity contribution in [1.29, 1.82) is 0 Å². The molecule has 0 radical (unpaired) electrons. The highest BCUT2D eigenvalue weighted by atomic mass is 19.1. The van der Waals surface area contributed by atoms with E-state index in [1.807, 2.05) is 18.2 Å². The van der Waals surface area contributed by atoms with E-state index in [0.717, 1.165) is 24.2 Å². The second-order valence-corrected chi connectivity index (χ2v) is 8.23. The maximum Gasteiger partial charge on any atom is 0.325 e. The SMILES string of the molecule is CC1(c2ccc(F)cc2)NC(=O)N(CC(=O)NCC2(c3ccccc3)CCC2)C1=O. The molecule has 156 valence electrons. The molecular formula is C23H24FN3O3. The van der Waals surface area contributed by atoms with Gasteiger partial charge in [-0.05, 0) is 43.0 Å². The van der Waals surface area contributed by atoms with Crippen molar-refractivity contribution < 1.29 is 18.8 Å². The number of amides is 4. The molecule has 2 aromatic carbocycles. The van der Waals surface area contributed by atoms with Crippen LogP contribution in [0, 0.1) is 5.82 Å². The number of imide groups is 1. The molecule has 2 aliphatic rings. The van der Waals surface area contributed by atoms with E-state index in [4.69, 9.17) is 0 Å². The number of hydrogen-bond donors (Lipinski definition) is 2.